The highest BCUT2D eigenvalue weighted by atomic mass is 16.3. The maximum Gasteiger partial charge on any atom is 0.135 e. The van der Waals surface area contributed by atoms with E-state index in [4.69, 9.17) is 18.8 Å². The second kappa shape index (κ2) is 31.2. The van der Waals surface area contributed by atoms with Crippen molar-refractivity contribution in [2.75, 3.05) is 0 Å². The van der Waals surface area contributed by atoms with Crippen LogP contribution in [0, 0.1) is 0 Å². The van der Waals surface area contributed by atoms with Gasteiger partial charge in [0.05, 0.1) is 102 Å². The summed E-state index contributed by atoms with van der Waals surface area (Å²) in [6.07, 6.45) is 19.0. The van der Waals surface area contributed by atoms with Crippen molar-refractivity contribution in [2.24, 2.45) is 0 Å². The molecule has 0 aliphatic heterocycles. The second-order valence-corrected chi connectivity index (χ2v) is 36.2. The van der Waals surface area contributed by atoms with Gasteiger partial charge >= 0.3 is 0 Å². The third kappa shape index (κ3) is 12.4. The van der Waals surface area contributed by atoms with Crippen molar-refractivity contribution in [3.8, 4) is 101 Å². The molecule has 30 aromatic rings. The lowest BCUT2D eigenvalue weighted by Crippen LogP contribution is -2.00. The van der Waals surface area contributed by atoms with Gasteiger partial charge in [-0.25, -0.2) is 0 Å². The van der Waals surface area contributed by atoms with Gasteiger partial charge in [-0.05, 0) is 273 Å². The smallest absolute Gasteiger partial charge is 0.135 e. The largest absolute Gasteiger partial charge is 0.456 e. The van der Waals surface area contributed by atoms with Crippen LogP contribution in [0.1, 0.15) is 0 Å². The molecule has 0 amide bonds. The summed E-state index contributed by atoms with van der Waals surface area (Å²) in [5, 5.41) is 16.2. The maximum absolute atomic E-state index is 6.47. The fraction of sp³-hybridized carbons (Fsp3) is 0. The van der Waals surface area contributed by atoms with E-state index in [9.17, 15) is 0 Å². The Hall–Kier alpha value is -19.2. The molecule has 0 radical (unpaired) electrons. The Morgan fingerprint density at radius 3 is 0.707 bits per heavy atom. The number of aromatic nitrogens is 12. The fourth-order valence-electron chi connectivity index (χ4n) is 22.2. The van der Waals surface area contributed by atoms with Crippen molar-refractivity contribution >= 4 is 175 Å². The molecule has 0 saturated heterocycles. The molecule has 140 heavy (non-hydrogen) atoms. The summed E-state index contributed by atoms with van der Waals surface area (Å²) in [5.74, 6) is 0. The number of fused-ring (bicyclic) bond motifs is 24. The minimum atomic E-state index is 0.866. The normalized spacial score (nSPS) is 12.0. The van der Waals surface area contributed by atoms with Crippen LogP contribution in [0.4, 0.5) is 0 Å². The molecule has 30 rings (SSSR count). The Morgan fingerprint density at radius 2 is 0.386 bits per heavy atom. The molecule has 0 aliphatic carbocycles. The van der Waals surface area contributed by atoms with E-state index in [0.717, 1.165) is 211 Å². The molecule has 0 aliphatic rings. The minimum Gasteiger partial charge on any atom is -0.456 e. The molecule has 0 spiro atoms. The van der Waals surface area contributed by atoms with Crippen LogP contribution in [0.15, 0.2) is 471 Å². The van der Waals surface area contributed by atoms with Crippen molar-refractivity contribution in [1.82, 2.24) is 57.3 Å². The molecule has 14 aromatic heterocycles. The van der Waals surface area contributed by atoms with Crippen molar-refractivity contribution in [1.29, 1.82) is 0 Å². The molecule has 14 nitrogen and oxygen atoms in total. The van der Waals surface area contributed by atoms with Crippen molar-refractivity contribution in [3.63, 3.8) is 0 Å². The summed E-state index contributed by atoms with van der Waals surface area (Å²) in [6, 6.07) is 144. The quantitative estimate of drug-likeness (QED) is 0.118. The van der Waals surface area contributed by atoms with Gasteiger partial charge in [-0.2, -0.15) is 0 Å². The van der Waals surface area contributed by atoms with Gasteiger partial charge in [0.15, 0.2) is 0 Å². The zero-order valence-corrected chi connectivity index (χ0v) is 75.1. The third-order valence-corrected chi connectivity index (χ3v) is 28.5. The van der Waals surface area contributed by atoms with E-state index in [0.29, 0.717) is 0 Å². The molecule has 0 fully saturated rings. The molecule has 0 bridgehead atoms. The highest BCUT2D eigenvalue weighted by molar-refractivity contribution is 6.16. The van der Waals surface area contributed by atoms with Gasteiger partial charge in [0.1, 0.15) is 22.3 Å². The number of hydrogen-bond acceptors (Lipinski definition) is 8. The van der Waals surface area contributed by atoms with Gasteiger partial charge < -0.3 is 36.2 Å². The summed E-state index contributed by atoms with van der Waals surface area (Å²) in [7, 11) is 0. The Kier molecular flexibility index (Phi) is 17.5. The zero-order chi connectivity index (χ0) is 91.7. The first-order valence-electron chi connectivity index (χ1n) is 47.1. The predicted molar refractivity (Wildman–Crippen MR) is 573 cm³/mol. The predicted octanol–water partition coefficient (Wildman–Crippen LogP) is 32.1. The minimum absolute atomic E-state index is 0.866. The number of nitrogens with zero attached hydrogens (tertiary/aromatic N) is 12. The van der Waals surface area contributed by atoms with Gasteiger partial charge in [0, 0.05) is 147 Å². The van der Waals surface area contributed by atoms with Crippen LogP contribution in [0.3, 0.4) is 0 Å². The zero-order valence-electron chi connectivity index (χ0n) is 75.1. The Morgan fingerprint density at radius 1 is 0.143 bits per heavy atom. The molecule has 0 saturated carbocycles. The SMILES string of the molecule is c1cc(-c2cccc(-c3ccc4oc5ccc(-n6c7ccccc7c7ccccc76)cc5c4c3)c2)cc(-c2cc(-n3c4ccccc4c4ccncc43)cc(-n3c4ccccc4c4ccncc43)c2)c1.c1cc(-c2cccc(-c3ccc4oc5ccc(-n6c7ccccc7c7ccccc76)cc5c4c3)c2)cc(-c2cc(-n3c4cnccc4c4ncccc43)cc(-n3c4cnccc4c4ncccc43)c2)c1. The number of para-hydroxylation sites is 6. The monoisotopic (exact) mass is 1790 g/mol. The fourth-order valence-corrected chi connectivity index (χ4v) is 22.2. The van der Waals surface area contributed by atoms with E-state index in [-0.39, 0.29) is 0 Å². The number of hydrogen-bond donors (Lipinski definition) is 0. The lowest BCUT2D eigenvalue weighted by Gasteiger charge is -2.16. The van der Waals surface area contributed by atoms with Crippen molar-refractivity contribution in [2.45, 2.75) is 0 Å². The molecule has 652 valence electrons. The molecule has 16 aromatic carbocycles. The van der Waals surface area contributed by atoms with E-state index >= 15 is 0 Å². The van der Waals surface area contributed by atoms with Gasteiger partial charge in [-0.3, -0.25) is 29.9 Å². The third-order valence-electron chi connectivity index (χ3n) is 28.5. The molecule has 14 heterocycles. The van der Waals surface area contributed by atoms with Crippen molar-refractivity contribution in [3.05, 3.63) is 462 Å². The molecule has 0 atom stereocenters. The molecule has 14 heteroatoms. The summed E-state index contributed by atoms with van der Waals surface area (Å²) < 4.78 is 26.9. The van der Waals surface area contributed by atoms with E-state index < -0.39 is 0 Å². The van der Waals surface area contributed by atoms with Crippen LogP contribution >= 0.6 is 0 Å². The van der Waals surface area contributed by atoms with Crippen LogP contribution < -0.4 is 0 Å². The first-order chi connectivity index (χ1) is 69.4. The van der Waals surface area contributed by atoms with Gasteiger partial charge in [0.2, 0.25) is 0 Å². The Labute approximate surface area is 799 Å². The second-order valence-electron chi connectivity index (χ2n) is 36.2. The van der Waals surface area contributed by atoms with E-state index in [1.165, 1.54) is 65.2 Å². The average Bonchev–Trinajstić information content (AvgIpc) is 1.57. The van der Waals surface area contributed by atoms with Crippen LogP contribution in [0.5, 0.6) is 0 Å². The lowest BCUT2D eigenvalue weighted by atomic mass is 9.95. The molecule has 0 N–H and O–H groups in total. The Balaban J connectivity index is 0.000000134. The van der Waals surface area contributed by atoms with E-state index in [1.54, 1.807) is 0 Å². The first kappa shape index (κ1) is 78.3. The Bertz CT molecular complexity index is 9260. The molecular formula is C126H76N12O2. The van der Waals surface area contributed by atoms with Crippen LogP contribution in [0.25, 0.3) is 276 Å². The lowest BCUT2D eigenvalue weighted by molar-refractivity contribution is 0.668. The highest BCUT2D eigenvalue weighted by Gasteiger charge is 2.25. The maximum atomic E-state index is 6.47. The average molecular weight is 1790 g/mol. The number of furan rings is 2. The van der Waals surface area contributed by atoms with E-state index in [2.05, 4.69) is 423 Å². The van der Waals surface area contributed by atoms with Crippen LogP contribution in [0.2, 0.25) is 0 Å². The van der Waals surface area contributed by atoms with Crippen molar-refractivity contribution < 1.29 is 8.83 Å². The van der Waals surface area contributed by atoms with E-state index in [1.807, 2.05) is 86.2 Å². The highest BCUT2D eigenvalue weighted by Crippen LogP contribution is 2.46. The molecular weight excluding hydrogens is 1710 g/mol. The summed E-state index contributed by atoms with van der Waals surface area (Å²) in [4.78, 5) is 28.1. The number of pyridine rings is 6. The number of rotatable bonds is 12. The topological polar surface area (TPSA) is 133 Å². The summed E-state index contributed by atoms with van der Waals surface area (Å²) in [6.45, 7) is 0. The number of benzene rings is 16. The summed E-state index contributed by atoms with van der Waals surface area (Å²) in [5.41, 5.74) is 38.2. The van der Waals surface area contributed by atoms with Crippen LogP contribution in [-0.2, 0) is 0 Å². The van der Waals surface area contributed by atoms with Gasteiger partial charge in [-0.1, -0.05) is 194 Å². The van der Waals surface area contributed by atoms with Gasteiger partial charge in [0.25, 0.3) is 0 Å². The first-order valence-corrected chi connectivity index (χ1v) is 47.1. The van der Waals surface area contributed by atoms with Gasteiger partial charge in [-0.15, -0.1) is 0 Å². The summed E-state index contributed by atoms with van der Waals surface area (Å²) >= 11 is 0. The molecule has 0 unspecified atom stereocenters. The standard InChI is InChI=1S/C64H39N5O.C62H37N7O/c1-5-19-57-49(15-1)50-16-2-6-20-58(50)67(57)46-24-26-64-56(37-46)55-35-44(23-25-63(55)70-64)42-13-9-11-40(31-42)41-12-10-14-43(32-41)45-33-47(68-59-21-7-3-17-51(59)53-27-29-65-38-61(53)68)36-48(34-45)69-60-22-8-4-18-52(60)54-28-30-66-39-62(54)69;1-3-15-53-47(13-1)48-14-2-4-16-54(48)67(53)44-20-22-60-52(35-44)51-33-42(19-21-59(51)70-60)40-11-5-9-38(29-40)39-10-6-12-41(30-39)43-31-45(68-55-17-7-25-65-61(55)49-23-27-63-36-57(49)68)34-46(32-43)69-56-18-8-26-66-62(56)50-24-28-64-37-58(50)69/h1-39H;1-37H. The van der Waals surface area contributed by atoms with Crippen LogP contribution in [-0.4, -0.2) is 57.3 Å².